The maximum atomic E-state index is 5.78. The number of aryl methyl sites for hydroxylation is 1. The summed E-state index contributed by atoms with van der Waals surface area (Å²) in [5.41, 5.74) is 9.10. The number of aromatic nitrogens is 1. The average molecular weight is 320 g/mol. The summed E-state index contributed by atoms with van der Waals surface area (Å²) in [6.45, 7) is 3.31. The monoisotopic (exact) mass is 319 g/mol. The largest absolute Gasteiger partial charge is 0.355 e. The Morgan fingerprint density at radius 1 is 1.26 bits per heavy atom. The zero-order valence-corrected chi connectivity index (χ0v) is 12.8. The van der Waals surface area contributed by atoms with Crippen molar-refractivity contribution < 1.29 is 0 Å². The van der Waals surface area contributed by atoms with Gasteiger partial charge in [0.05, 0.1) is 0 Å². The molecule has 0 bridgehead atoms. The van der Waals surface area contributed by atoms with Gasteiger partial charge in [-0.05, 0) is 30.7 Å². The van der Waals surface area contributed by atoms with E-state index in [1.165, 1.54) is 5.56 Å². The molecule has 19 heavy (non-hydrogen) atoms. The van der Waals surface area contributed by atoms with Crippen LogP contribution in [0.2, 0.25) is 0 Å². The predicted octanol–water partition coefficient (Wildman–Crippen LogP) is 3.25. The van der Waals surface area contributed by atoms with Crippen LogP contribution in [0.15, 0.2) is 40.9 Å². The molecule has 1 heterocycles. The Bertz CT molecular complexity index is 569. The summed E-state index contributed by atoms with van der Waals surface area (Å²) in [4.78, 5) is 6.73. The van der Waals surface area contributed by atoms with Crippen molar-refractivity contribution in [3.05, 3.63) is 57.7 Å². The van der Waals surface area contributed by atoms with Crippen LogP contribution in [-0.2, 0) is 13.1 Å². The zero-order valence-electron chi connectivity index (χ0n) is 11.2. The molecule has 2 N–H and O–H groups in total. The van der Waals surface area contributed by atoms with E-state index in [1.54, 1.807) is 0 Å². The molecule has 1 aromatic carbocycles. The SMILES string of the molecule is Cc1ccc(CN)c(N(C)Cc2cccc(Br)c2)n1. The van der Waals surface area contributed by atoms with Crippen LogP contribution in [0.4, 0.5) is 5.82 Å². The van der Waals surface area contributed by atoms with Crippen LogP contribution in [0.25, 0.3) is 0 Å². The second-order valence-electron chi connectivity index (χ2n) is 4.63. The highest BCUT2D eigenvalue weighted by molar-refractivity contribution is 9.10. The van der Waals surface area contributed by atoms with Crippen LogP contribution >= 0.6 is 15.9 Å². The third-order valence-electron chi connectivity index (χ3n) is 2.99. The molecule has 100 valence electrons. The lowest BCUT2D eigenvalue weighted by molar-refractivity contribution is 0.869. The predicted molar refractivity (Wildman–Crippen MR) is 83.1 cm³/mol. The fourth-order valence-electron chi connectivity index (χ4n) is 2.05. The standard InChI is InChI=1S/C15H18BrN3/c1-11-6-7-13(9-17)15(18-11)19(2)10-12-4-3-5-14(16)8-12/h3-8H,9-10,17H2,1-2H3. The van der Waals surface area contributed by atoms with E-state index in [4.69, 9.17) is 5.73 Å². The summed E-state index contributed by atoms with van der Waals surface area (Å²) in [7, 11) is 2.04. The summed E-state index contributed by atoms with van der Waals surface area (Å²) in [5, 5.41) is 0. The number of hydrogen-bond donors (Lipinski definition) is 1. The van der Waals surface area contributed by atoms with Crippen molar-refractivity contribution in [1.82, 2.24) is 4.98 Å². The van der Waals surface area contributed by atoms with Gasteiger partial charge in [0, 0.05) is 35.9 Å². The minimum atomic E-state index is 0.505. The summed E-state index contributed by atoms with van der Waals surface area (Å²) >= 11 is 3.49. The van der Waals surface area contributed by atoms with Gasteiger partial charge in [-0.1, -0.05) is 34.1 Å². The van der Waals surface area contributed by atoms with Gasteiger partial charge >= 0.3 is 0 Å². The molecule has 0 fully saturated rings. The molecule has 0 aliphatic carbocycles. The number of pyridine rings is 1. The van der Waals surface area contributed by atoms with E-state index in [9.17, 15) is 0 Å². The van der Waals surface area contributed by atoms with Gasteiger partial charge in [0.1, 0.15) is 5.82 Å². The lowest BCUT2D eigenvalue weighted by atomic mass is 10.2. The number of anilines is 1. The van der Waals surface area contributed by atoms with Gasteiger partial charge in [0.25, 0.3) is 0 Å². The van der Waals surface area contributed by atoms with Crippen LogP contribution in [0.5, 0.6) is 0 Å². The molecule has 0 amide bonds. The maximum absolute atomic E-state index is 5.78. The van der Waals surface area contributed by atoms with Crippen LogP contribution < -0.4 is 10.6 Å². The summed E-state index contributed by atoms with van der Waals surface area (Å²) in [6.07, 6.45) is 0. The highest BCUT2D eigenvalue weighted by Gasteiger charge is 2.09. The summed E-state index contributed by atoms with van der Waals surface area (Å²) in [6, 6.07) is 12.3. The highest BCUT2D eigenvalue weighted by atomic mass is 79.9. The number of nitrogens with two attached hydrogens (primary N) is 1. The molecule has 1 aromatic heterocycles. The van der Waals surface area contributed by atoms with Crippen molar-refractivity contribution in [2.45, 2.75) is 20.0 Å². The van der Waals surface area contributed by atoms with Crippen LogP contribution in [0.3, 0.4) is 0 Å². The van der Waals surface area contributed by atoms with Gasteiger partial charge in [-0.3, -0.25) is 0 Å². The molecule has 0 spiro atoms. The van der Waals surface area contributed by atoms with Crippen LogP contribution in [0, 0.1) is 6.92 Å². The molecule has 0 atom stereocenters. The lowest BCUT2D eigenvalue weighted by Gasteiger charge is -2.21. The van der Waals surface area contributed by atoms with Crippen LogP contribution in [-0.4, -0.2) is 12.0 Å². The summed E-state index contributed by atoms with van der Waals surface area (Å²) in [5.74, 6) is 0.961. The van der Waals surface area contributed by atoms with E-state index >= 15 is 0 Å². The molecule has 0 saturated heterocycles. The van der Waals surface area contributed by atoms with Gasteiger partial charge < -0.3 is 10.6 Å². The Labute approximate surface area is 122 Å². The number of halogens is 1. The van der Waals surface area contributed by atoms with E-state index < -0.39 is 0 Å². The molecule has 0 aliphatic rings. The number of benzene rings is 1. The first kappa shape index (κ1) is 14.0. The van der Waals surface area contributed by atoms with Crippen molar-refractivity contribution in [3.63, 3.8) is 0 Å². The molecular formula is C15H18BrN3. The highest BCUT2D eigenvalue weighted by Crippen LogP contribution is 2.20. The van der Waals surface area contributed by atoms with Crippen molar-refractivity contribution in [1.29, 1.82) is 0 Å². The number of hydrogen-bond acceptors (Lipinski definition) is 3. The number of rotatable bonds is 4. The smallest absolute Gasteiger partial charge is 0.133 e. The van der Waals surface area contributed by atoms with E-state index in [2.05, 4.69) is 44.0 Å². The first-order valence-corrected chi connectivity index (χ1v) is 7.01. The Hall–Kier alpha value is -1.39. The normalized spacial score (nSPS) is 10.5. The first-order chi connectivity index (χ1) is 9.10. The first-order valence-electron chi connectivity index (χ1n) is 6.22. The van der Waals surface area contributed by atoms with Crippen molar-refractivity contribution in [2.75, 3.05) is 11.9 Å². The minimum Gasteiger partial charge on any atom is -0.355 e. The second-order valence-corrected chi connectivity index (χ2v) is 5.54. The molecule has 2 aromatic rings. The molecule has 0 unspecified atom stereocenters. The molecule has 4 heteroatoms. The topological polar surface area (TPSA) is 42.1 Å². The van der Waals surface area contributed by atoms with E-state index in [0.29, 0.717) is 6.54 Å². The van der Waals surface area contributed by atoms with E-state index in [0.717, 1.165) is 28.1 Å². The fraction of sp³-hybridized carbons (Fsp3) is 0.267. The molecule has 0 radical (unpaired) electrons. The lowest BCUT2D eigenvalue weighted by Crippen LogP contribution is -2.20. The molecule has 3 nitrogen and oxygen atoms in total. The van der Waals surface area contributed by atoms with Crippen molar-refractivity contribution >= 4 is 21.7 Å². The van der Waals surface area contributed by atoms with Gasteiger partial charge in [-0.15, -0.1) is 0 Å². The second kappa shape index (κ2) is 6.17. The fourth-order valence-corrected chi connectivity index (χ4v) is 2.49. The Kier molecular flexibility index (Phi) is 4.56. The van der Waals surface area contributed by atoms with E-state index in [-0.39, 0.29) is 0 Å². The molecular weight excluding hydrogens is 302 g/mol. The molecule has 0 saturated carbocycles. The molecule has 0 aliphatic heterocycles. The van der Waals surface area contributed by atoms with Crippen molar-refractivity contribution in [3.8, 4) is 0 Å². The Balaban J connectivity index is 2.24. The van der Waals surface area contributed by atoms with Gasteiger partial charge in [0.15, 0.2) is 0 Å². The molecule has 2 rings (SSSR count). The van der Waals surface area contributed by atoms with Gasteiger partial charge in [-0.25, -0.2) is 4.98 Å². The quantitative estimate of drug-likeness (QED) is 0.940. The average Bonchev–Trinajstić information content (AvgIpc) is 2.38. The van der Waals surface area contributed by atoms with E-state index in [1.807, 2.05) is 32.2 Å². The van der Waals surface area contributed by atoms with Gasteiger partial charge in [0.2, 0.25) is 0 Å². The van der Waals surface area contributed by atoms with Crippen LogP contribution in [0.1, 0.15) is 16.8 Å². The Morgan fingerprint density at radius 2 is 2.05 bits per heavy atom. The third kappa shape index (κ3) is 3.55. The Morgan fingerprint density at radius 3 is 2.74 bits per heavy atom. The van der Waals surface area contributed by atoms with Gasteiger partial charge in [-0.2, -0.15) is 0 Å². The zero-order chi connectivity index (χ0) is 13.8. The number of nitrogens with zero attached hydrogens (tertiary/aromatic N) is 2. The van der Waals surface area contributed by atoms with Crippen molar-refractivity contribution in [2.24, 2.45) is 5.73 Å². The third-order valence-corrected chi connectivity index (χ3v) is 3.48. The summed E-state index contributed by atoms with van der Waals surface area (Å²) < 4.78 is 1.09. The minimum absolute atomic E-state index is 0.505. The maximum Gasteiger partial charge on any atom is 0.133 e.